The molecule has 1 rings (SSSR count). The molecule has 1 N–H and O–H groups in total. The van der Waals surface area contributed by atoms with Gasteiger partial charge in [-0.3, -0.25) is 15.1 Å². The summed E-state index contributed by atoms with van der Waals surface area (Å²) in [7, 11) is 0. The predicted molar refractivity (Wildman–Crippen MR) is 85.0 cm³/mol. The monoisotopic (exact) mass is 343 g/mol. The molecule has 1 heterocycles. The lowest BCUT2D eigenvalue weighted by molar-refractivity contribution is -0.384. The van der Waals surface area contributed by atoms with E-state index in [4.69, 9.17) is 0 Å². The highest BCUT2D eigenvalue weighted by Crippen LogP contribution is 2.33. The van der Waals surface area contributed by atoms with Crippen molar-refractivity contribution in [2.45, 2.75) is 46.5 Å². The summed E-state index contributed by atoms with van der Waals surface area (Å²) < 4.78 is 0.621. The van der Waals surface area contributed by atoms with E-state index in [0.717, 1.165) is 6.42 Å². The summed E-state index contributed by atoms with van der Waals surface area (Å²) in [6, 6.07) is 0. The lowest BCUT2D eigenvalue weighted by Crippen LogP contribution is -2.23. The average Bonchev–Trinajstić information content (AvgIpc) is 2.37. The van der Waals surface area contributed by atoms with Gasteiger partial charge in [0, 0.05) is 12.7 Å². The summed E-state index contributed by atoms with van der Waals surface area (Å²) in [6.07, 6.45) is 7.55. The van der Waals surface area contributed by atoms with Crippen molar-refractivity contribution in [3.8, 4) is 0 Å². The molecule has 0 spiro atoms. The second-order valence-corrected chi connectivity index (χ2v) is 6.60. The van der Waals surface area contributed by atoms with Gasteiger partial charge in [-0.1, -0.05) is 40.0 Å². The summed E-state index contributed by atoms with van der Waals surface area (Å²) in [5, 5.41) is 14.2. The van der Waals surface area contributed by atoms with Gasteiger partial charge in [0.2, 0.25) is 0 Å². The third-order valence-electron chi connectivity index (χ3n) is 3.28. The average molecular weight is 344 g/mol. The van der Waals surface area contributed by atoms with Crippen LogP contribution in [0.4, 0.5) is 11.4 Å². The summed E-state index contributed by atoms with van der Waals surface area (Å²) in [6.45, 7) is 7.23. The Kier molecular flexibility index (Phi) is 6.39. The van der Waals surface area contributed by atoms with Crippen molar-refractivity contribution < 1.29 is 4.92 Å². The van der Waals surface area contributed by atoms with Crippen LogP contribution in [0.25, 0.3) is 0 Å². The van der Waals surface area contributed by atoms with Crippen LogP contribution >= 0.6 is 15.9 Å². The zero-order valence-corrected chi connectivity index (χ0v) is 13.9. The van der Waals surface area contributed by atoms with Crippen molar-refractivity contribution >= 4 is 27.3 Å². The number of hydrogen-bond donors (Lipinski definition) is 1. The highest BCUT2D eigenvalue weighted by molar-refractivity contribution is 9.10. The topological polar surface area (TPSA) is 68.1 Å². The number of pyridine rings is 1. The maximum Gasteiger partial charge on any atom is 0.311 e. The molecule has 0 saturated carbocycles. The Hall–Kier alpha value is -1.17. The van der Waals surface area contributed by atoms with Gasteiger partial charge in [0.25, 0.3) is 0 Å². The van der Waals surface area contributed by atoms with Crippen LogP contribution in [0.5, 0.6) is 0 Å². The van der Waals surface area contributed by atoms with E-state index in [1.807, 2.05) is 0 Å². The molecule has 1 aromatic rings. The molecule has 0 amide bonds. The molecule has 0 aliphatic heterocycles. The van der Waals surface area contributed by atoms with Gasteiger partial charge in [0.15, 0.2) is 0 Å². The van der Waals surface area contributed by atoms with Crippen LogP contribution in [0, 0.1) is 15.5 Å². The number of nitrogens with zero attached hydrogens (tertiary/aromatic N) is 2. The summed E-state index contributed by atoms with van der Waals surface area (Å²) >= 11 is 3.32. The number of hydrogen-bond acceptors (Lipinski definition) is 4. The lowest BCUT2D eigenvalue weighted by Gasteiger charge is -2.25. The second kappa shape index (κ2) is 7.57. The number of anilines is 1. The first kappa shape index (κ1) is 16.9. The Morgan fingerprint density at radius 2 is 2.10 bits per heavy atom. The third-order valence-corrected chi connectivity index (χ3v) is 3.88. The zero-order valence-electron chi connectivity index (χ0n) is 12.3. The molecular weight excluding hydrogens is 322 g/mol. The molecule has 0 bridgehead atoms. The molecule has 0 aliphatic carbocycles. The van der Waals surface area contributed by atoms with Crippen LogP contribution in [-0.2, 0) is 0 Å². The summed E-state index contributed by atoms with van der Waals surface area (Å²) in [4.78, 5) is 14.4. The fourth-order valence-corrected chi connectivity index (χ4v) is 2.47. The predicted octanol–water partition coefficient (Wildman–Crippen LogP) is 4.77. The van der Waals surface area contributed by atoms with Gasteiger partial charge in [-0.15, -0.1) is 0 Å². The zero-order chi connectivity index (χ0) is 15.2. The van der Waals surface area contributed by atoms with E-state index in [0.29, 0.717) is 16.7 Å². The normalized spacial score (nSPS) is 11.4. The standard InChI is InChI=1S/C14H22BrN3O2/c1-4-5-6-7-14(2,3)10-17-13-11(15)8-16-9-12(13)18(19)20/h8-9H,4-7,10H2,1-3H3,(H,16,17). The largest absolute Gasteiger partial charge is 0.378 e. The quantitative estimate of drug-likeness (QED) is 0.419. The molecular formula is C14H22BrN3O2. The smallest absolute Gasteiger partial charge is 0.311 e. The maximum absolute atomic E-state index is 11.0. The van der Waals surface area contributed by atoms with Crippen LogP contribution in [0.1, 0.15) is 46.5 Å². The van der Waals surface area contributed by atoms with E-state index in [2.05, 4.69) is 47.0 Å². The number of halogens is 1. The van der Waals surface area contributed by atoms with Crippen LogP contribution in [-0.4, -0.2) is 16.5 Å². The van der Waals surface area contributed by atoms with E-state index in [1.165, 1.54) is 25.5 Å². The van der Waals surface area contributed by atoms with Crippen LogP contribution in [0.15, 0.2) is 16.9 Å². The van der Waals surface area contributed by atoms with E-state index >= 15 is 0 Å². The Balaban J connectivity index is 2.72. The van der Waals surface area contributed by atoms with Crippen molar-refractivity contribution in [3.05, 3.63) is 27.0 Å². The van der Waals surface area contributed by atoms with Crippen LogP contribution in [0.3, 0.4) is 0 Å². The first-order valence-corrected chi connectivity index (χ1v) is 7.68. The number of nitrogens with one attached hydrogen (secondary N) is 1. The SMILES string of the molecule is CCCCCC(C)(C)CNc1c(Br)cncc1[N+](=O)[O-]. The van der Waals surface area contributed by atoms with Crippen molar-refractivity contribution in [2.24, 2.45) is 5.41 Å². The molecule has 0 aliphatic rings. The van der Waals surface area contributed by atoms with Crippen molar-refractivity contribution in [2.75, 3.05) is 11.9 Å². The minimum absolute atomic E-state index is 0.00346. The number of nitro groups is 1. The Morgan fingerprint density at radius 1 is 1.40 bits per heavy atom. The van der Waals surface area contributed by atoms with Crippen LogP contribution < -0.4 is 5.32 Å². The van der Waals surface area contributed by atoms with Crippen molar-refractivity contribution in [1.29, 1.82) is 0 Å². The first-order valence-electron chi connectivity index (χ1n) is 6.89. The van der Waals surface area contributed by atoms with Gasteiger partial charge < -0.3 is 5.32 Å². The summed E-state index contributed by atoms with van der Waals surface area (Å²) in [5.74, 6) is 0. The van der Waals surface area contributed by atoms with Crippen LogP contribution in [0.2, 0.25) is 0 Å². The minimum Gasteiger partial charge on any atom is -0.378 e. The Bertz CT molecular complexity index is 464. The molecule has 0 atom stereocenters. The van der Waals surface area contributed by atoms with E-state index in [-0.39, 0.29) is 11.1 Å². The molecule has 1 aromatic heterocycles. The van der Waals surface area contributed by atoms with Gasteiger partial charge >= 0.3 is 5.69 Å². The van der Waals surface area contributed by atoms with Gasteiger partial charge in [-0.2, -0.15) is 0 Å². The molecule has 112 valence electrons. The molecule has 0 radical (unpaired) electrons. The van der Waals surface area contributed by atoms with Crippen molar-refractivity contribution in [3.63, 3.8) is 0 Å². The Morgan fingerprint density at radius 3 is 2.70 bits per heavy atom. The highest BCUT2D eigenvalue weighted by atomic mass is 79.9. The molecule has 20 heavy (non-hydrogen) atoms. The third kappa shape index (κ3) is 5.07. The molecule has 5 nitrogen and oxygen atoms in total. The highest BCUT2D eigenvalue weighted by Gasteiger charge is 2.22. The number of aromatic nitrogens is 1. The van der Waals surface area contributed by atoms with Crippen molar-refractivity contribution in [1.82, 2.24) is 4.98 Å². The fourth-order valence-electron chi connectivity index (χ4n) is 2.01. The maximum atomic E-state index is 11.0. The Labute approximate surface area is 128 Å². The number of rotatable bonds is 8. The molecule has 0 unspecified atom stereocenters. The molecule has 0 saturated heterocycles. The van der Waals surface area contributed by atoms with Gasteiger partial charge in [0.1, 0.15) is 11.9 Å². The van der Waals surface area contributed by atoms with E-state index in [9.17, 15) is 10.1 Å². The minimum atomic E-state index is -0.413. The lowest BCUT2D eigenvalue weighted by atomic mass is 9.87. The summed E-state index contributed by atoms with van der Waals surface area (Å²) in [5.41, 5.74) is 0.614. The van der Waals surface area contributed by atoms with Gasteiger partial charge in [0.05, 0.1) is 9.40 Å². The number of unbranched alkanes of at least 4 members (excludes halogenated alkanes) is 2. The fraction of sp³-hybridized carbons (Fsp3) is 0.643. The molecule has 6 heteroatoms. The second-order valence-electron chi connectivity index (χ2n) is 5.75. The molecule has 0 aromatic carbocycles. The first-order chi connectivity index (χ1) is 9.37. The van der Waals surface area contributed by atoms with Gasteiger partial charge in [-0.25, -0.2) is 0 Å². The van der Waals surface area contributed by atoms with E-state index < -0.39 is 4.92 Å². The van der Waals surface area contributed by atoms with Gasteiger partial charge in [-0.05, 0) is 27.8 Å². The van der Waals surface area contributed by atoms with E-state index in [1.54, 1.807) is 6.20 Å². The molecule has 0 fully saturated rings.